The van der Waals surface area contributed by atoms with Crippen LogP contribution >= 0.6 is 0 Å². The zero-order valence-electron chi connectivity index (χ0n) is 18.0. The molecule has 34 heavy (non-hydrogen) atoms. The van der Waals surface area contributed by atoms with E-state index in [-0.39, 0.29) is 17.1 Å². The van der Waals surface area contributed by atoms with Crippen LogP contribution in [0.15, 0.2) is 76.2 Å². The third-order valence-corrected chi connectivity index (χ3v) is 5.93. The summed E-state index contributed by atoms with van der Waals surface area (Å²) < 4.78 is 7.41. The molecule has 2 aromatic carbocycles. The molecule has 0 radical (unpaired) electrons. The van der Waals surface area contributed by atoms with E-state index >= 15 is 0 Å². The summed E-state index contributed by atoms with van der Waals surface area (Å²) in [6, 6.07) is 17.9. The van der Waals surface area contributed by atoms with E-state index in [1.54, 1.807) is 33.8 Å². The van der Waals surface area contributed by atoms with Gasteiger partial charge in [0, 0.05) is 32.2 Å². The number of carbonyl (C=O) groups is 1. The van der Waals surface area contributed by atoms with Crippen LogP contribution in [0.2, 0.25) is 0 Å². The van der Waals surface area contributed by atoms with Crippen LogP contribution in [0.1, 0.15) is 10.6 Å². The number of amides is 1. The molecule has 0 N–H and O–H groups in total. The van der Waals surface area contributed by atoms with Crippen molar-refractivity contribution < 1.29 is 9.21 Å². The highest BCUT2D eigenvalue weighted by Gasteiger charge is 2.27. The first-order valence-corrected chi connectivity index (χ1v) is 10.9. The first-order chi connectivity index (χ1) is 16.7. The summed E-state index contributed by atoms with van der Waals surface area (Å²) in [6.45, 7) is 2.00. The summed E-state index contributed by atoms with van der Waals surface area (Å²) in [5.74, 6) is 0.425. The van der Waals surface area contributed by atoms with Crippen LogP contribution in [0.3, 0.4) is 0 Å². The maximum Gasteiger partial charge on any atom is 0.289 e. The maximum atomic E-state index is 13.0. The summed E-state index contributed by atoms with van der Waals surface area (Å²) in [5.41, 5.74) is 2.26. The van der Waals surface area contributed by atoms with Gasteiger partial charge in [0.1, 0.15) is 11.9 Å². The molecular formula is C24H19N7O3. The third kappa shape index (κ3) is 3.36. The van der Waals surface area contributed by atoms with Gasteiger partial charge in [0.05, 0.1) is 11.1 Å². The highest BCUT2D eigenvalue weighted by molar-refractivity contribution is 5.93. The summed E-state index contributed by atoms with van der Waals surface area (Å²) in [7, 11) is 0. The number of carbonyl (C=O) groups excluding carboxylic acids is 1. The molecule has 0 bridgehead atoms. The van der Waals surface area contributed by atoms with Gasteiger partial charge in [-0.15, -0.1) is 5.10 Å². The van der Waals surface area contributed by atoms with Gasteiger partial charge >= 0.3 is 0 Å². The Balaban J connectivity index is 1.23. The third-order valence-electron chi connectivity index (χ3n) is 5.93. The van der Waals surface area contributed by atoms with Gasteiger partial charge in [-0.2, -0.15) is 4.68 Å². The van der Waals surface area contributed by atoms with E-state index in [1.165, 1.54) is 12.4 Å². The number of hydrogen-bond donors (Lipinski definition) is 0. The van der Waals surface area contributed by atoms with Crippen LogP contribution in [0, 0.1) is 0 Å². The minimum absolute atomic E-state index is 0.0485. The lowest BCUT2D eigenvalue weighted by molar-refractivity contribution is 0.0715. The number of hydrogen-bond acceptors (Lipinski definition) is 8. The molecule has 3 aromatic heterocycles. The molecule has 0 atom stereocenters. The highest BCUT2D eigenvalue weighted by atomic mass is 16.3. The van der Waals surface area contributed by atoms with Gasteiger partial charge in [0.15, 0.2) is 28.2 Å². The normalized spacial score (nSPS) is 14.1. The maximum absolute atomic E-state index is 13.0. The Morgan fingerprint density at radius 2 is 1.68 bits per heavy atom. The lowest BCUT2D eigenvalue weighted by Crippen LogP contribution is -2.49. The molecular weight excluding hydrogens is 434 g/mol. The molecule has 10 heteroatoms. The number of benzene rings is 2. The van der Waals surface area contributed by atoms with Gasteiger partial charge in [0.25, 0.3) is 5.91 Å². The van der Waals surface area contributed by atoms with Crippen LogP contribution in [-0.4, -0.2) is 61.9 Å². The molecule has 4 heterocycles. The zero-order chi connectivity index (χ0) is 23.1. The summed E-state index contributed by atoms with van der Waals surface area (Å²) in [5, 5.41) is 9.05. The molecule has 168 valence electrons. The largest absolute Gasteiger partial charge is 0.451 e. The first kappa shape index (κ1) is 20.0. The van der Waals surface area contributed by atoms with E-state index in [1.807, 2.05) is 30.3 Å². The van der Waals surface area contributed by atoms with Crippen LogP contribution in [0.4, 0.5) is 5.82 Å². The molecule has 0 saturated carbocycles. The molecule has 5 aromatic rings. The van der Waals surface area contributed by atoms with Crippen molar-refractivity contribution in [3.05, 3.63) is 83.0 Å². The fourth-order valence-corrected chi connectivity index (χ4v) is 4.20. The molecule has 0 spiro atoms. The Labute approximate surface area is 193 Å². The van der Waals surface area contributed by atoms with Crippen molar-refractivity contribution in [2.45, 2.75) is 0 Å². The zero-order valence-corrected chi connectivity index (χ0v) is 18.0. The van der Waals surface area contributed by atoms with Crippen molar-refractivity contribution in [3.63, 3.8) is 0 Å². The number of rotatable bonds is 3. The molecule has 0 aliphatic carbocycles. The second-order valence-electron chi connectivity index (χ2n) is 7.96. The molecule has 1 aliphatic heterocycles. The molecule has 0 unspecified atom stereocenters. The fraction of sp³-hybridized carbons (Fsp3) is 0.167. The number of nitrogens with zero attached hydrogens (tertiary/aromatic N) is 7. The first-order valence-electron chi connectivity index (χ1n) is 10.9. The standard InChI is InChI=1S/C24H19N7O3/c32-18-14-20(34-19-9-5-4-8-17(18)19)24(33)30-12-10-29(11-13-30)22-21-23(26-15-25-22)31(28-27-21)16-6-2-1-3-7-16/h1-9,14-15H,10-13H2. The SMILES string of the molecule is O=C(c1cc(=O)c2ccccc2o1)N1CCN(c2ncnc3c2nnn3-c2ccccc2)CC1. The predicted octanol–water partition coefficient (Wildman–Crippen LogP) is 2.28. The molecule has 1 amide bonds. The van der Waals surface area contributed by atoms with E-state index in [0.29, 0.717) is 54.1 Å². The minimum Gasteiger partial charge on any atom is -0.451 e. The number of para-hydroxylation sites is 2. The van der Waals surface area contributed by atoms with Gasteiger partial charge in [-0.3, -0.25) is 9.59 Å². The number of aromatic nitrogens is 5. The molecule has 1 aliphatic rings. The number of anilines is 1. The van der Waals surface area contributed by atoms with Gasteiger partial charge in [-0.1, -0.05) is 35.5 Å². The summed E-state index contributed by atoms with van der Waals surface area (Å²) in [4.78, 5) is 38.0. The highest BCUT2D eigenvalue weighted by Crippen LogP contribution is 2.24. The van der Waals surface area contributed by atoms with Crippen molar-refractivity contribution in [2.75, 3.05) is 31.1 Å². The van der Waals surface area contributed by atoms with E-state index in [9.17, 15) is 9.59 Å². The van der Waals surface area contributed by atoms with Gasteiger partial charge in [0.2, 0.25) is 0 Å². The summed E-state index contributed by atoms with van der Waals surface area (Å²) in [6.07, 6.45) is 1.50. The Hall–Kier alpha value is -4.60. The van der Waals surface area contributed by atoms with Crippen LogP contribution in [-0.2, 0) is 0 Å². The number of fused-ring (bicyclic) bond motifs is 2. The second-order valence-corrected chi connectivity index (χ2v) is 7.96. The molecule has 10 nitrogen and oxygen atoms in total. The van der Waals surface area contributed by atoms with Crippen molar-refractivity contribution in [1.82, 2.24) is 29.9 Å². The Morgan fingerprint density at radius 1 is 0.912 bits per heavy atom. The summed E-state index contributed by atoms with van der Waals surface area (Å²) >= 11 is 0. The topological polar surface area (TPSA) is 110 Å². The fourth-order valence-electron chi connectivity index (χ4n) is 4.20. The second kappa shape index (κ2) is 8.07. The van der Waals surface area contributed by atoms with Gasteiger partial charge < -0.3 is 14.2 Å². The van der Waals surface area contributed by atoms with Gasteiger partial charge in [-0.05, 0) is 24.3 Å². The average Bonchev–Trinajstić information content (AvgIpc) is 3.33. The van der Waals surface area contributed by atoms with Crippen LogP contribution < -0.4 is 10.3 Å². The van der Waals surface area contributed by atoms with Crippen molar-refractivity contribution in [2.24, 2.45) is 0 Å². The minimum atomic E-state index is -0.301. The Kier molecular flexibility index (Phi) is 4.76. The Morgan fingerprint density at radius 3 is 2.50 bits per heavy atom. The van der Waals surface area contributed by atoms with Crippen molar-refractivity contribution >= 4 is 33.9 Å². The monoisotopic (exact) mass is 453 g/mol. The predicted molar refractivity (Wildman–Crippen MR) is 125 cm³/mol. The van der Waals surface area contributed by atoms with Crippen molar-refractivity contribution in [3.8, 4) is 5.69 Å². The molecule has 6 rings (SSSR count). The Bertz CT molecular complexity index is 1570. The van der Waals surface area contributed by atoms with E-state index in [2.05, 4.69) is 25.2 Å². The quantitative estimate of drug-likeness (QED) is 0.409. The lowest BCUT2D eigenvalue weighted by atomic mass is 10.2. The average molecular weight is 453 g/mol. The molecule has 1 saturated heterocycles. The van der Waals surface area contributed by atoms with E-state index in [0.717, 1.165) is 5.69 Å². The smallest absolute Gasteiger partial charge is 0.289 e. The lowest BCUT2D eigenvalue weighted by Gasteiger charge is -2.35. The number of piperazine rings is 1. The van der Waals surface area contributed by atoms with E-state index in [4.69, 9.17) is 4.42 Å². The van der Waals surface area contributed by atoms with Crippen LogP contribution in [0.5, 0.6) is 0 Å². The van der Waals surface area contributed by atoms with Crippen molar-refractivity contribution in [1.29, 1.82) is 0 Å². The van der Waals surface area contributed by atoms with E-state index < -0.39 is 0 Å². The van der Waals surface area contributed by atoms with Crippen LogP contribution in [0.25, 0.3) is 27.8 Å². The van der Waals surface area contributed by atoms with Gasteiger partial charge in [-0.25, -0.2) is 9.97 Å². The molecule has 1 fully saturated rings.